The van der Waals surface area contributed by atoms with Crippen LogP contribution < -0.4 is 4.90 Å². The van der Waals surface area contributed by atoms with E-state index in [-0.39, 0.29) is 0 Å². The first kappa shape index (κ1) is 16.7. The van der Waals surface area contributed by atoms with E-state index in [1.165, 1.54) is 56.4 Å². The van der Waals surface area contributed by atoms with Crippen LogP contribution >= 0.6 is 0 Å². The molecule has 4 rings (SSSR count). The Bertz CT molecular complexity index is 657. The van der Waals surface area contributed by atoms with Gasteiger partial charge < -0.3 is 9.64 Å². The molecule has 1 saturated heterocycles. The summed E-state index contributed by atoms with van der Waals surface area (Å²) in [5.74, 6) is 1.51. The summed E-state index contributed by atoms with van der Waals surface area (Å²) < 4.78 is 5.97. The zero-order valence-corrected chi connectivity index (χ0v) is 15.1. The summed E-state index contributed by atoms with van der Waals surface area (Å²) in [6, 6.07) is 19.6. The van der Waals surface area contributed by atoms with Gasteiger partial charge in [-0.3, -0.25) is 0 Å². The standard InChI is InChI=1S/C23H29NO/c1-2-7-19(8-3-1)17-25-18-20-13-15-24(16-14-20)23-12-5-4-11-22(23)21-9-6-10-21/h1-5,7-8,11-12,20-21H,6,9-10,13-18H2. The zero-order chi connectivity index (χ0) is 16.9. The summed E-state index contributed by atoms with van der Waals surface area (Å²) in [5.41, 5.74) is 4.36. The monoisotopic (exact) mass is 335 g/mol. The smallest absolute Gasteiger partial charge is 0.0717 e. The first-order valence-corrected chi connectivity index (χ1v) is 9.85. The van der Waals surface area contributed by atoms with Crippen LogP contribution in [0.25, 0.3) is 0 Å². The number of benzene rings is 2. The average molecular weight is 335 g/mol. The molecule has 0 spiro atoms. The third-order valence-corrected chi connectivity index (χ3v) is 5.90. The predicted octanol–water partition coefficient (Wildman–Crippen LogP) is 5.39. The minimum atomic E-state index is 0.704. The van der Waals surface area contributed by atoms with Gasteiger partial charge in [0.15, 0.2) is 0 Å². The molecule has 2 nitrogen and oxygen atoms in total. The van der Waals surface area contributed by atoms with Crippen LogP contribution in [0.5, 0.6) is 0 Å². The van der Waals surface area contributed by atoms with Gasteiger partial charge in [0, 0.05) is 25.4 Å². The summed E-state index contributed by atoms with van der Waals surface area (Å²) in [5, 5.41) is 0. The molecule has 132 valence electrons. The highest BCUT2D eigenvalue weighted by molar-refractivity contribution is 5.56. The summed E-state index contributed by atoms with van der Waals surface area (Å²) in [6.45, 7) is 3.98. The molecule has 2 fully saturated rings. The van der Waals surface area contributed by atoms with Crippen LogP contribution in [0.2, 0.25) is 0 Å². The minimum absolute atomic E-state index is 0.704. The molecule has 0 radical (unpaired) electrons. The van der Waals surface area contributed by atoms with Crippen molar-refractivity contribution in [1.29, 1.82) is 0 Å². The van der Waals surface area contributed by atoms with E-state index in [1.807, 2.05) is 0 Å². The number of piperidine rings is 1. The first-order valence-electron chi connectivity index (χ1n) is 9.85. The van der Waals surface area contributed by atoms with Crippen molar-refractivity contribution < 1.29 is 4.74 Å². The fourth-order valence-corrected chi connectivity index (χ4v) is 4.10. The lowest BCUT2D eigenvalue weighted by molar-refractivity contribution is 0.0786. The number of hydrogen-bond donors (Lipinski definition) is 0. The molecule has 0 bridgehead atoms. The molecule has 0 amide bonds. The van der Waals surface area contributed by atoms with Gasteiger partial charge in [-0.1, -0.05) is 55.0 Å². The summed E-state index contributed by atoms with van der Waals surface area (Å²) >= 11 is 0. The fourth-order valence-electron chi connectivity index (χ4n) is 4.10. The van der Waals surface area contributed by atoms with E-state index in [1.54, 1.807) is 5.56 Å². The molecule has 0 aromatic heterocycles. The molecular formula is C23H29NO. The highest BCUT2D eigenvalue weighted by atomic mass is 16.5. The number of ether oxygens (including phenoxy) is 1. The summed E-state index contributed by atoms with van der Waals surface area (Å²) in [7, 11) is 0. The Labute approximate surface area is 151 Å². The second-order valence-corrected chi connectivity index (χ2v) is 7.62. The minimum Gasteiger partial charge on any atom is -0.376 e. The quantitative estimate of drug-likeness (QED) is 0.702. The molecule has 2 aliphatic rings. The van der Waals surface area contributed by atoms with Crippen molar-refractivity contribution in [2.24, 2.45) is 5.92 Å². The van der Waals surface area contributed by atoms with Gasteiger partial charge in [0.1, 0.15) is 0 Å². The van der Waals surface area contributed by atoms with Crippen LogP contribution in [-0.4, -0.2) is 19.7 Å². The zero-order valence-electron chi connectivity index (χ0n) is 15.1. The molecule has 0 N–H and O–H groups in total. The van der Waals surface area contributed by atoms with E-state index in [0.717, 1.165) is 19.1 Å². The molecule has 0 unspecified atom stereocenters. The van der Waals surface area contributed by atoms with E-state index in [4.69, 9.17) is 4.74 Å². The maximum Gasteiger partial charge on any atom is 0.0717 e. The summed E-state index contributed by atoms with van der Waals surface area (Å²) in [4.78, 5) is 2.61. The first-order chi connectivity index (χ1) is 12.4. The fraction of sp³-hybridized carbons (Fsp3) is 0.478. The van der Waals surface area contributed by atoms with Crippen LogP contribution in [0.3, 0.4) is 0 Å². The molecule has 0 atom stereocenters. The lowest BCUT2D eigenvalue weighted by Crippen LogP contribution is -2.36. The molecular weight excluding hydrogens is 306 g/mol. The Morgan fingerprint density at radius 3 is 2.28 bits per heavy atom. The van der Waals surface area contributed by atoms with Gasteiger partial charge >= 0.3 is 0 Å². The molecule has 1 heterocycles. The van der Waals surface area contributed by atoms with Crippen molar-refractivity contribution in [2.75, 3.05) is 24.6 Å². The topological polar surface area (TPSA) is 12.5 Å². The Hall–Kier alpha value is -1.80. The van der Waals surface area contributed by atoms with Crippen molar-refractivity contribution in [1.82, 2.24) is 0 Å². The van der Waals surface area contributed by atoms with Crippen LogP contribution in [0.4, 0.5) is 5.69 Å². The summed E-state index contributed by atoms with van der Waals surface area (Å²) in [6.07, 6.45) is 6.64. The highest BCUT2D eigenvalue weighted by Gasteiger charge is 2.26. The number of nitrogens with zero attached hydrogens (tertiary/aromatic N) is 1. The van der Waals surface area contributed by atoms with Crippen molar-refractivity contribution >= 4 is 5.69 Å². The van der Waals surface area contributed by atoms with Crippen molar-refractivity contribution in [3.63, 3.8) is 0 Å². The van der Waals surface area contributed by atoms with Crippen molar-refractivity contribution in [3.8, 4) is 0 Å². The molecule has 1 aliphatic heterocycles. The average Bonchev–Trinajstić information content (AvgIpc) is 2.62. The molecule has 2 heteroatoms. The molecule has 2 aromatic carbocycles. The maximum absolute atomic E-state index is 5.97. The van der Waals surface area contributed by atoms with Crippen LogP contribution in [-0.2, 0) is 11.3 Å². The number of hydrogen-bond acceptors (Lipinski definition) is 2. The van der Waals surface area contributed by atoms with Crippen molar-refractivity contribution in [2.45, 2.75) is 44.6 Å². The molecule has 2 aromatic rings. The SMILES string of the molecule is c1ccc(COCC2CCN(c3ccccc3C3CCC3)CC2)cc1. The third kappa shape index (κ3) is 4.07. The number of para-hydroxylation sites is 1. The number of rotatable bonds is 6. The molecule has 1 saturated carbocycles. The van der Waals surface area contributed by atoms with Crippen LogP contribution in [0, 0.1) is 5.92 Å². The van der Waals surface area contributed by atoms with Gasteiger partial charge in [-0.05, 0) is 54.7 Å². The van der Waals surface area contributed by atoms with Crippen molar-refractivity contribution in [3.05, 3.63) is 65.7 Å². The largest absolute Gasteiger partial charge is 0.376 e. The van der Waals surface area contributed by atoms with E-state index in [2.05, 4.69) is 59.5 Å². The molecule has 25 heavy (non-hydrogen) atoms. The van der Waals surface area contributed by atoms with E-state index < -0.39 is 0 Å². The second kappa shape index (κ2) is 8.05. The lowest BCUT2D eigenvalue weighted by Gasteiger charge is -2.37. The maximum atomic E-state index is 5.97. The Balaban J connectivity index is 1.27. The van der Waals surface area contributed by atoms with Crippen LogP contribution in [0.1, 0.15) is 49.1 Å². The Kier molecular flexibility index (Phi) is 5.37. The van der Waals surface area contributed by atoms with E-state index >= 15 is 0 Å². The highest BCUT2D eigenvalue weighted by Crippen LogP contribution is 2.41. The van der Waals surface area contributed by atoms with Gasteiger partial charge in [-0.25, -0.2) is 0 Å². The van der Waals surface area contributed by atoms with Gasteiger partial charge in [-0.2, -0.15) is 0 Å². The molecule has 1 aliphatic carbocycles. The van der Waals surface area contributed by atoms with Gasteiger partial charge in [0.25, 0.3) is 0 Å². The lowest BCUT2D eigenvalue weighted by atomic mass is 9.79. The third-order valence-electron chi connectivity index (χ3n) is 5.90. The van der Waals surface area contributed by atoms with Gasteiger partial charge in [-0.15, -0.1) is 0 Å². The normalized spacial score (nSPS) is 19.0. The Morgan fingerprint density at radius 2 is 1.56 bits per heavy atom. The van der Waals surface area contributed by atoms with Gasteiger partial charge in [0.2, 0.25) is 0 Å². The number of anilines is 1. The van der Waals surface area contributed by atoms with Gasteiger partial charge in [0.05, 0.1) is 6.61 Å². The van der Waals surface area contributed by atoms with E-state index in [0.29, 0.717) is 5.92 Å². The predicted molar refractivity (Wildman–Crippen MR) is 104 cm³/mol. The second-order valence-electron chi connectivity index (χ2n) is 7.62. The Morgan fingerprint density at radius 1 is 0.840 bits per heavy atom. The van der Waals surface area contributed by atoms with Crippen LogP contribution in [0.15, 0.2) is 54.6 Å². The van der Waals surface area contributed by atoms with E-state index in [9.17, 15) is 0 Å².